The molecule has 0 spiro atoms. The van der Waals surface area contributed by atoms with Crippen molar-refractivity contribution in [3.05, 3.63) is 23.8 Å². The Bertz CT molecular complexity index is 343. The average Bonchev–Trinajstić information content (AvgIpc) is 2.28. The van der Waals surface area contributed by atoms with E-state index >= 15 is 0 Å². The maximum absolute atomic E-state index is 9.75. The zero-order chi connectivity index (χ0) is 12.1. The molecule has 0 fully saturated rings. The number of ether oxygens (including phenoxy) is 1. The molecule has 0 radical (unpaired) electrons. The van der Waals surface area contributed by atoms with E-state index in [1.165, 1.54) is 7.11 Å². The third-order valence-electron chi connectivity index (χ3n) is 2.38. The second-order valence-electron chi connectivity index (χ2n) is 3.53. The molecule has 90 valence electrons. The summed E-state index contributed by atoms with van der Waals surface area (Å²) in [5, 5.41) is 27.9. The van der Waals surface area contributed by atoms with Crippen LogP contribution in [-0.4, -0.2) is 35.1 Å². The lowest BCUT2D eigenvalue weighted by Crippen LogP contribution is -2.19. The molecule has 0 bridgehead atoms. The van der Waals surface area contributed by atoms with Gasteiger partial charge in [-0.3, -0.25) is 0 Å². The molecule has 1 aromatic carbocycles. The summed E-state index contributed by atoms with van der Waals surface area (Å²) >= 11 is 0. The van der Waals surface area contributed by atoms with Crippen LogP contribution in [0, 0.1) is 0 Å². The molecule has 0 saturated heterocycles. The van der Waals surface area contributed by atoms with Gasteiger partial charge >= 0.3 is 0 Å². The summed E-state index contributed by atoms with van der Waals surface area (Å²) in [5.41, 5.74) is 6.57. The summed E-state index contributed by atoms with van der Waals surface area (Å²) in [5.74, 6) is 0.521. The van der Waals surface area contributed by atoms with Crippen molar-refractivity contribution in [1.82, 2.24) is 0 Å². The fourth-order valence-electron chi connectivity index (χ4n) is 1.45. The predicted molar refractivity (Wildman–Crippen MR) is 60.1 cm³/mol. The molecule has 5 N–H and O–H groups in total. The Morgan fingerprint density at radius 1 is 1.38 bits per heavy atom. The molecule has 1 rings (SSSR count). The third kappa shape index (κ3) is 2.85. The molecule has 0 aliphatic heterocycles. The maximum atomic E-state index is 9.75. The fraction of sp³-hybridized carbons (Fsp3) is 0.455. The summed E-state index contributed by atoms with van der Waals surface area (Å²) in [6.45, 7) is -0.177. The maximum Gasteiger partial charge on any atom is 0.141 e. The summed E-state index contributed by atoms with van der Waals surface area (Å²) in [6.07, 6.45) is -1.94. The molecule has 16 heavy (non-hydrogen) atoms. The minimum Gasteiger partial charge on any atom is -0.495 e. The van der Waals surface area contributed by atoms with Crippen molar-refractivity contribution in [3.63, 3.8) is 0 Å². The van der Waals surface area contributed by atoms with Crippen molar-refractivity contribution in [1.29, 1.82) is 0 Å². The van der Waals surface area contributed by atoms with Crippen LogP contribution in [0.15, 0.2) is 18.2 Å². The van der Waals surface area contributed by atoms with Gasteiger partial charge in [0.05, 0.1) is 18.9 Å². The van der Waals surface area contributed by atoms with Crippen LogP contribution in [-0.2, 0) is 0 Å². The first-order valence-corrected chi connectivity index (χ1v) is 5.00. The van der Waals surface area contributed by atoms with Crippen LogP contribution in [0.4, 0.5) is 5.69 Å². The number of aliphatic hydroxyl groups excluding tert-OH is 3. The lowest BCUT2D eigenvalue weighted by Gasteiger charge is -2.18. The molecular weight excluding hydrogens is 210 g/mol. The van der Waals surface area contributed by atoms with Crippen LogP contribution in [0.2, 0.25) is 0 Å². The number of anilines is 1. The van der Waals surface area contributed by atoms with Crippen LogP contribution >= 0.6 is 0 Å². The van der Waals surface area contributed by atoms with Crippen LogP contribution in [0.3, 0.4) is 0 Å². The normalized spacial score (nSPS) is 14.5. The van der Waals surface area contributed by atoms with Gasteiger partial charge in [0.15, 0.2) is 0 Å². The second kappa shape index (κ2) is 5.69. The van der Waals surface area contributed by atoms with E-state index in [0.717, 1.165) is 0 Å². The van der Waals surface area contributed by atoms with Crippen LogP contribution in [0.1, 0.15) is 18.1 Å². The van der Waals surface area contributed by atoms with Crippen molar-refractivity contribution in [2.45, 2.75) is 18.6 Å². The van der Waals surface area contributed by atoms with Gasteiger partial charge < -0.3 is 25.8 Å². The van der Waals surface area contributed by atoms with Gasteiger partial charge in [-0.2, -0.15) is 0 Å². The van der Waals surface area contributed by atoms with E-state index in [1.807, 2.05) is 0 Å². The number of benzene rings is 1. The summed E-state index contributed by atoms with van der Waals surface area (Å²) in [4.78, 5) is 0. The number of nitrogen functional groups attached to an aromatic ring is 1. The highest BCUT2D eigenvalue weighted by atomic mass is 16.5. The van der Waals surface area contributed by atoms with Crippen molar-refractivity contribution >= 4 is 5.69 Å². The van der Waals surface area contributed by atoms with Crippen molar-refractivity contribution in [2.75, 3.05) is 19.5 Å². The molecule has 1 aromatic rings. The second-order valence-corrected chi connectivity index (χ2v) is 3.53. The molecule has 5 heteroatoms. The van der Waals surface area contributed by atoms with Crippen molar-refractivity contribution < 1.29 is 20.1 Å². The highest BCUT2D eigenvalue weighted by molar-refractivity contribution is 5.54. The van der Waals surface area contributed by atoms with Crippen molar-refractivity contribution in [3.8, 4) is 5.75 Å². The zero-order valence-corrected chi connectivity index (χ0v) is 9.13. The molecule has 0 saturated carbocycles. The largest absolute Gasteiger partial charge is 0.495 e. The minimum atomic E-state index is -1.06. The van der Waals surface area contributed by atoms with Gasteiger partial charge in [0.1, 0.15) is 11.9 Å². The lowest BCUT2D eigenvalue weighted by atomic mass is 10.0. The average molecular weight is 227 g/mol. The Balaban J connectivity index is 2.84. The monoisotopic (exact) mass is 227 g/mol. The third-order valence-corrected chi connectivity index (χ3v) is 2.38. The van der Waals surface area contributed by atoms with Gasteiger partial charge in [-0.05, 0) is 24.1 Å². The highest BCUT2D eigenvalue weighted by Gasteiger charge is 2.18. The molecule has 2 atom stereocenters. The number of methoxy groups -OCH3 is 1. The highest BCUT2D eigenvalue weighted by Crippen LogP contribution is 2.27. The van der Waals surface area contributed by atoms with E-state index in [2.05, 4.69) is 0 Å². The summed E-state index contributed by atoms with van der Waals surface area (Å²) in [7, 11) is 1.50. The van der Waals surface area contributed by atoms with E-state index in [4.69, 9.17) is 15.6 Å². The van der Waals surface area contributed by atoms with Gasteiger partial charge in [-0.1, -0.05) is 6.07 Å². The van der Waals surface area contributed by atoms with Gasteiger partial charge in [0, 0.05) is 6.61 Å². The Morgan fingerprint density at radius 3 is 2.56 bits per heavy atom. The van der Waals surface area contributed by atoms with E-state index in [1.54, 1.807) is 18.2 Å². The number of nitrogens with two attached hydrogens (primary N) is 1. The SMILES string of the molecule is COc1ccc(C(O)C(O)CCO)cc1N. The van der Waals surface area contributed by atoms with Crippen LogP contribution in [0.25, 0.3) is 0 Å². The van der Waals surface area contributed by atoms with E-state index in [0.29, 0.717) is 17.0 Å². The first-order chi connectivity index (χ1) is 7.60. The smallest absolute Gasteiger partial charge is 0.141 e. The molecule has 0 aliphatic carbocycles. The summed E-state index contributed by atoms with van der Waals surface area (Å²) < 4.78 is 4.98. The number of hydrogen-bond acceptors (Lipinski definition) is 5. The Kier molecular flexibility index (Phi) is 4.54. The van der Waals surface area contributed by atoms with Gasteiger partial charge in [-0.15, -0.1) is 0 Å². The minimum absolute atomic E-state index is 0.118. The quantitative estimate of drug-likeness (QED) is 0.533. The van der Waals surface area contributed by atoms with E-state index in [9.17, 15) is 10.2 Å². The van der Waals surface area contributed by atoms with Gasteiger partial charge in [0.2, 0.25) is 0 Å². The molecule has 0 aliphatic rings. The van der Waals surface area contributed by atoms with E-state index < -0.39 is 12.2 Å². The standard InChI is InChI=1S/C11H17NO4/c1-16-10-3-2-7(6-8(10)12)11(15)9(14)4-5-13/h2-3,6,9,11,13-15H,4-5,12H2,1H3. The molecule has 0 heterocycles. The Labute approximate surface area is 94.1 Å². The van der Waals surface area contributed by atoms with Crippen molar-refractivity contribution in [2.24, 2.45) is 0 Å². The number of hydrogen-bond donors (Lipinski definition) is 4. The topological polar surface area (TPSA) is 95.9 Å². The fourth-order valence-corrected chi connectivity index (χ4v) is 1.45. The summed E-state index contributed by atoms with van der Waals surface area (Å²) in [6, 6.07) is 4.80. The van der Waals surface area contributed by atoms with Gasteiger partial charge in [-0.25, -0.2) is 0 Å². The van der Waals surface area contributed by atoms with Gasteiger partial charge in [0.25, 0.3) is 0 Å². The number of aliphatic hydroxyl groups is 3. The Hall–Kier alpha value is -1.30. The zero-order valence-electron chi connectivity index (χ0n) is 9.13. The Morgan fingerprint density at radius 2 is 2.06 bits per heavy atom. The molecular formula is C11H17NO4. The molecule has 0 aromatic heterocycles. The van der Waals surface area contributed by atoms with E-state index in [-0.39, 0.29) is 13.0 Å². The molecule has 0 amide bonds. The van der Waals surface area contributed by atoms with Crippen LogP contribution < -0.4 is 10.5 Å². The first-order valence-electron chi connectivity index (χ1n) is 5.00. The molecule has 2 unspecified atom stereocenters. The first kappa shape index (κ1) is 12.8. The lowest BCUT2D eigenvalue weighted by molar-refractivity contribution is 0.00423. The number of rotatable bonds is 5. The predicted octanol–water partition coefficient (Wildman–Crippen LogP) is 0.0541. The molecule has 5 nitrogen and oxygen atoms in total. The van der Waals surface area contributed by atoms with Crippen LogP contribution in [0.5, 0.6) is 5.75 Å².